The smallest absolute Gasteiger partial charge is 0.309 e. The zero-order chi connectivity index (χ0) is 14.9. The van der Waals surface area contributed by atoms with Crippen LogP contribution in [-0.4, -0.2) is 34.1 Å². The maximum atomic E-state index is 11.2. The summed E-state index contributed by atoms with van der Waals surface area (Å²) < 4.78 is 0.547. The van der Waals surface area contributed by atoms with Crippen LogP contribution in [0.15, 0.2) is 16.7 Å². The van der Waals surface area contributed by atoms with E-state index < -0.39 is 16.3 Å². The fourth-order valence-corrected chi connectivity index (χ4v) is 2.77. The molecule has 0 saturated carbocycles. The molecule has 0 bridgehead atoms. The molecule has 0 amide bonds. The SMILES string of the molecule is CC1(C(=O)O)CCN(c2ncc([N+](=O)[O-])cc2Br)CC1. The van der Waals surface area contributed by atoms with Gasteiger partial charge in [-0.25, -0.2) is 4.98 Å². The molecule has 0 spiro atoms. The molecule has 1 N–H and O–H groups in total. The van der Waals surface area contributed by atoms with E-state index in [-0.39, 0.29) is 5.69 Å². The molecule has 0 unspecified atom stereocenters. The van der Waals surface area contributed by atoms with Crippen molar-refractivity contribution in [3.05, 3.63) is 26.9 Å². The first kappa shape index (κ1) is 14.7. The van der Waals surface area contributed by atoms with Crippen LogP contribution in [0.2, 0.25) is 0 Å². The molecule has 0 aliphatic carbocycles. The highest BCUT2D eigenvalue weighted by Gasteiger charge is 2.37. The van der Waals surface area contributed by atoms with E-state index in [1.807, 2.05) is 4.90 Å². The Morgan fingerprint density at radius 3 is 2.60 bits per heavy atom. The third kappa shape index (κ3) is 2.74. The normalized spacial score (nSPS) is 17.8. The highest BCUT2D eigenvalue weighted by Crippen LogP contribution is 2.35. The summed E-state index contributed by atoms with van der Waals surface area (Å²) in [5.74, 6) is -0.170. The van der Waals surface area contributed by atoms with Crippen LogP contribution in [0.25, 0.3) is 0 Å². The van der Waals surface area contributed by atoms with Gasteiger partial charge in [0.2, 0.25) is 0 Å². The van der Waals surface area contributed by atoms with E-state index in [9.17, 15) is 20.0 Å². The molecular weight excluding hydrogens is 330 g/mol. The summed E-state index contributed by atoms with van der Waals surface area (Å²) in [7, 11) is 0. The molecule has 1 aromatic heterocycles. The maximum absolute atomic E-state index is 11.2. The van der Waals surface area contributed by atoms with Crippen LogP contribution in [-0.2, 0) is 4.79 Å². The van der Waals surface area contributed by atoms with Crippen LogP contribution < -0.4 is 4.90 Å². The average Bonchev–Trinajstić information content (AvgIpc) is 2.39. The number of pyridine rings is 1. The summed E-state index contributed by atoms with van der Waals surface area (Å²) in [6.07, 6.45) is 2.26. The third-order valence-corrected chi connectivity index (χ3v) is 4.28. The minimum atomic E-state index is -0.784. The van der Waals surface area contributed by atoms with Crippen molar-refractivity contribution in [3.63, 3.8) is 0 Å². The number of piperidine rings is 1. The van der Waals surface area contributed by atoms with E-state index >= 15 is 0 Å². The molecule has 0 aromatic carbocycles. The van der Waals surface area contributed by atoms with Crippen molar-refractivity contribution < 1.29 is 14.8 Å². The number of aromatic nitrogens is 1. The lowest BCUT2D eigenvalue weighted by atomic mass is 9.80. The van der Waals surface area contributed by atoms with E-state index in [0.29, 0.717) is 36.2 Å². The minimum absolute atomic E-state index is 0.0759. The van der Waals surface area contributed by atoms with Gasteiger partial charge in [0, 0.05) is 19.2 Å². The average molecular weight is 344 g/mol. The van der Waals surface area contributed by atoms with Crippen LogP contribution in [0, 0.1) is 15.5 Å². The highest BCUT2D eigenvalue weighted by atomic mass is 79.9. The first-order valence-electron chi connectivity index (χ1n) is 6.12. The summed E-state index contributed by atoms with van der Waals surface area (Å²) >= 11 is 3.28. The number of anilines is 1. The number of hydrogen-bond acceptors (Lipinski definition) is 5. The number of carboxylic acid groups (broad SMARTS) is 1. The molecule has 0 radical (unpaired) electrons. The number of halogens is 1. The predicted octanol–water partition coefficient (Wildman–Crippen LogP) is 2.44. The zero-order valence-corrected chi connectivity index (χ0v) is 12.5. The van der Waals surface area contributed by atoms with Gasteiger partial charge in [0.1, 0.15) is 12.0 Å². The lowest BCUT2D eigenvalue weighted by molar-refractivity contribution is -0.385. The van der Waals surface area contributed by atoms with E-state index in [2.05, 4.69) is 20.9 Å². The van der Waals surface area contributed by atoms with E-state index in [1.165, 1.54) is 12.3 Å². The summed E-state index contributed by atoms with van der Waals surface area (Å²) in [5.41, 5.74) is -0.781. The van der Waals surface area contributed by atoms with Gasteiger partial charge in [-0.05, 0) is 35.7 Å². The Kier molecular flexibility index (Phi) is 3.94. The second-order valence-corrected chi connectivity index (χ2v) is 5.96. The van der Waals surface area contributed by atoms with Gasteiger partial charge in [0.05, 0.1) is 14.8 Å². The van der Waals surface area contributed by atoms with Gasteiger partial charge in [-0.3, -0.25) is 14.9 Å². The Hall–Kier alpha value is -1.70. The second kappa shape index (κ2) is 5.35. The van der Waals surface area contributed by atoms with Gasteiger partial charge >= 0.3 is 5.97 Å². The van der Waals surface area contributed by atoms with Crippen molar-refractivity contribution in [1.29, 1.82) is 0 Å². The Balaban J connectivity index is 2.15. The number of hydrogen-bond donors (Lipinski definition) is 1. The lowest BCUT2D eigenvalue weighted by Gasteiger charge is -2.37. The van der Waals surface area contributed by atoms with Crippen molar-refractivity contribution in [3.8, 4) is 0 Å². The Morgan fingerprint density at radius 1 is 1.55 bits per heavy atom. The monoisotopic (exact) mass is 343 g/mol. The quantitative estimate of drug-likeness (QED) is 0.668. The Morgan fingerprint density at radius 2 is 2.15 bits per heavy atom. The van der Waals surface area contributed by atoms with Gasteiger partial charge in [-0.15, -0.1) is 0 Å². The van der Waals surface area contributed by atoms with E-state index in [4.69, 9.17) is 0 Å². The standard InChI is InChI=1S/C12H14BrN3O4/c1-12(11(17)18)2-4-15(5-3-12)10-9(13)6-8(7-14-10)16(19)20/h6-7H,2-5H2,1H3,(H,17,18). The molecule has 0 atom stereocenters. The fraction of sp³-hybridized carbons (Fsp3) is 0.500. The number of carboxylic acids is 1. The van der Waals surface area contributed by atoms with E-state index in [1.54, 1.807) is 6.92 Å². The highest BCUT2D eigenvalue weighted by molar-refractivity contribution is 9.10. The first-order chi connectivity index (χ1) is 9.33. The molecule has 2 rings (SSSR count). The maximum Gasteiger partial charge on any atom is 0.309 e. The number of aliphatic carboxylic acids is 1. The summed E-state index contributed by atoms with van der Waals surface area (Å²) in [6.45, 7) is 2.86. The van der Waals surface area contributed by atoms with Gasteiger partial charge in [0.15, 0.2) is 0 Å². The summed E-state index contributed by atoms with van der Waals surface area (Å²) in [4.78, 5) is 27.4. The predicted molar refractivity (Wildman–Crippen MR) is 75.8 cm³/mol. The van der Waals surface area contributed by atoms with Gasteiger partial charge in [0.25, 0.3) is 5.69 Å². The molecule has 1 aromatic rings. The van der Waals surface area contributed by atoms with Crippen molar-refractivity contribution in [2.24, 2.45) is 5.41 Å². The van der Waals surface area contributed by atoms with Crippen molar-refractivity contribution in [1.82, 2.24) is 4.98 Å². The first-order valence-corrected chi connectivity index (χ1v) is 6.91. The summed E-state index contributed by atoms with van der Waals surface area (Å²) in [6, 6.07) is 1.41. The third-order valence-electron chi connectivity index (χ3n) is 3.70. The number of nitrogens with zero attached hydrogens (tertiary/aromatic N) is 3. The number of rotatable bonds is 3. The van der Waals surface area contributed by atoms with Crippen LogP contribution in [0.4, 0.5) is 11.5 Å². The van der Waals surface area contributed by atoms with Crippen molar-refractivity contribution in [2.75, 3.05) is 18.0 Å². The molecule has 108 valence electrons. The minimum Gasteiger partial charge on any atom is -0.481 e. The van der Waals surface area contributed by atoms with Crippen LogP contribution in [0.3, 0.4) is 0 Å². The van der Waals surface area contributed by atoms with Crippen LogP contribution in [0.5, 0.6) is 0 Å². The summed E-state index contributed by atoms with van der Waals surface area (Å²) in [5, 5.41) is 19.9. The molecule has 1 saturated heterocycles. The zero-order valence-electron chi connectivity index (χ0n) is 10.9. The lowest BCUT2D eigenvalue weighted by Crippen LogP contribution is -2.43. The molecule has 1 fully saturated rings. The van der Waals surface area contributed by atoms with E-state index in [0.717, 1.165) is 0 Å². The number of carbonyl (C=O) groups is 1. The van der Waals surface area contributed by atoms with Crippen LogP contribution in [0.1, 0.15) is 19.8 Å². The molecule has 1 aliphatic rings. The molecule has 8 heteroatoms. The number of nitro groups is 1. The van der Waals surface area contributed by atoms with Gasteiger partial charge in [-0.1, -0.05) is 0 Å². The molecular formula is C12H14BrN3O4. The molecule has 20 heavy (non-hydrogen) atoms. The van der Waals surface area contributed by atoms with Crippen molar-refractivity contribution >= 4 is 33.4 Å². The Labute approximate surface area is 123 Å². The van der Waals surface area contributed by atoms with Crippen LogP contribution >= 0.6 is 15.9 Å². The van der Waals surface area contributed by atoms with Gasteiger partial charge in [-0.2, -0.15) is 0 Å². The molecule has 1 aliphatic heterocycles. The Bertz CT molecular complexity index is 556. The van der Waals surface area contributed by atoms with Crippen molar-refractivity contribution in [2.45, 2.75) is 19.8 Å². The fourth-order valence-electron chi connectivity index (χ4n) is 2.18. The van der Waals surface area contributed by atoms with Gasteiger partial charge < -0.3 is 10.0 Å². The molecule has 2 heterocycles. The molecule has 7 nitrogen and oxygen atoms in total. The topological polar surface area (TPSA) is 96.6 Å². The largest absolute Gasteiger partial charge is 0.481 e. The second-order valence-electron chi connectivity index (χ2n) is 5.11.